The first-order valence-electron chi connectivity index (χ1n) is 11.0. The van der Waals surface area contributed by atoms with Gasteiger partial charge in [-0.2, -0.15) is 0 Å². The summed E-state index contributed by atoms with van der Waals surface area (Å²) in [4.78, 5) is 10.9. The summed E-state index contributed by atoms with van der Waals surface area (Å²) in [5.41, 5.74) is 4.22. The molecule has 158 valence electrons. The first-order chi connectivity index (χ1) is 14.3. The van der Waals surface area contributed by atoms with Gasteiger partial charge in [-0.15, -0.1) is 0 Å². The summed E-state index contributed by atoms with van der Waals surface area (Å²) in [6, 6.07) is 18.7. The van der Waals surface area contributed by atoms with Crippen molar-refractivity contribution >= 4 is 5.91 Å². The number of aryl methyl sites for hydroxylation is 1. The molecule has 0 atom stereocenters. The van der Waals surface area contributed by atoms with Crippen molar-refractivity contribution in [1.29, 1.82) is 0 Å². The maximum absolute atomic E-state index is 10.9. The largest absolute Gasteiger partial charge is 0.489 e. The molecule has 2 rings (SSSR count). The molecule has 0 heterocycles. The lowest BCUT2D eigenvalue weighted by Gasteiger charge is -2.08. The maximum Gasteiger partial charge on any atom is 0.243 e. The fraction of sp³-hybridized carbons (Fsp3) is 0.480. The number of carbonyl (C=O) groups excluding carboxylic acids is 1. The lowest BCUT2D eigenvalue weighted by molar-refractivity contribution is -0.129. The van der Waals surface area contributed by atoms with E-state index in [4.69, 9.17) is 9.94 Å². The van der Waals surface area contributed by atoms with Gasteiger partial charge in [0.05, 0.1) is 0 Å². The van der Waals surface area contributed by atoms with Gasteiger partial charge in [0.25, 0.3) is 0 Å². The third-order valence-corrected chi connectivity index (χ3v) is 5.14. The van der Waals surface area contributed by atoms with Crippen molar-refractivity contribution < 1.29 is 14.7 Å². The molecule has 2 N–H and O–H groups in total. The Balaban J connectivity index is 1.48. The Hall–Kier alpha value is -2.33. The molecule has 0 aromatic heterocycles. The van der Waals surface area contributed by atoms with Gasteiger partial charge in [-0.05, 0) is 42.5 Å². The molecule has 4 nitrogen and oxygen atoms in total. The molecule has 0 spiro atoms. The zero-order valence-corrected chi connectivity index (χ0v) is 17.4. The van der Waals surface area contributed by atoms with Crippen LogP contribution >= 0.6 is 0 Å². The van der Waals surface area contributed by atoms with Crippen LogP contribution < -0.4 is 10.2 Å². The predicted octanol–water partition coefficient (Wildman–Crippen LogP) is 6.21. The molecule has 0 aliphatic heterocycles. The van der Waals surface area contributed by atoms with Crippen molar-refractivity contribution in [2.45, 2.75) is 77.2 Å². The van der Waals surface area contributed by atoms with Gasteiger partial charge >= 0.3 is 0 Å². The zero-order valence-electron chi connectivity index (χ0n) is 17.4. The number of unbranched alkanes of at least 4 members (excludes halogenated alkanes) is 8. The maximum atomic E-state index is 10.9. The minimum atomic E-state index is -0.279. The monoisotopic (exact) mass is 397 g/mol. The van der Waals surface area contributed by atoms with E-state index >= 15 is 0 Å². The lowest BCUT2D eigenvalue weighted by Crippen LogP contribution is -2.17. The molecule has 0 unspecified atom stereocenters. The molecule has 0 radical (unpaired) electrons. The molecule has 1 amide bonds. The summed E-state index contributed by atoms with van der Waals surface area (Å²) >= 11 is 0. The summed E-state index contributed by atoms with van der Waals surface area (Å²) in [6.45, 7) is 0.610. The van der Waals surface area contributed by atoms with Gasteiger partial charge in [-0.1, -0.05) is 87.4 Å². The average molecular weight is 398 g/mol. The number of hydroxylamine groups is 1. The van der Waals surface area contributed by atoms with E-state index in [2.05, 4.69) is 30.3 Å². The van der Waals surface area contributed by atoms with Crippen molar-refractivity contribution in [2.24, 2.45) is 0 Å². The molecule has 0 aliphatic rings. The summed E-state index contributed by atoms with van der Waals surface area (Å²) in [5, 5.41) is 8.43. The van der Waals surface area contributed by atoms with Crippen LogP contribution in [0.15, 0.2) is 54.6 Å². The molecule has 2 aromatic rings. The highest BCUT2D eigenvalue weighted by Crippen LogP contribution is 2.18. The number of hydrogen-bond acceptors (Lipinski definition) is 3. The molecule has 2 aromatic carbocycles. The SMILES string of the molecule is O=C(CCCCCCCCCCCc1cccc(OCc2ccccc2)c1)NO. The molecule has 0 bridgehead atoms. The standard InChI is InChI=1S/C25H35NO3/c27-25(26-28)19-12-7-5-3-1-2-4-6-9-14-22-17-13-18-24(20-22)29-21-23-15-10-8-11-16-23/h8,10-11,13,15-18,20,28H,1-7,9,12,14,19,21H2,(H,26,27). The van der Waals surface area contributed by atoms with Crippen LogP contribution in [0.3, 0.4) is 0 Å². The Labute approximate surface area is 175 Å². The molecule has 4 heteroatoms. The Morgan fingerprint density at radius 1 is 0.759 bits per heavy atom. The van der Waals surface area contributed by atoms with Gasteiger partial charge in [0.15, 0.2) is 0 Å². The number of rotatable bonds is 15. The first kappa shape index (κ1) is 23.0. The van der Waals surface area contributed by atoms with E-state index in [-0.39, 0.29) is 5.91 Å². The second-order valence-electron chi connectivity index (χ2n) is 7.64. The van der Waals surface area contributed by atoms with Gasteiger partial charge < -0.3 is 4.74 Å². The number of nitrogens with one attached hydrogen (secondary N) is 1. The van der Waals surface area contributed by atoms with Gasteiger partial charge in [0, 0.05) is 6.42 Å². The summed E-state index contributed by atoms with van der Waals surface area (Å²) < 4.78 is 5.92. The van der Waals surface area contributed by atoms with E-state index in [1.165, 1.54) is 56.1 Å². The molecule has 0 aliphatic carbocycles. The lowest BCUT2D eigenvalue weighted by atomic mass is 10.0. The number of amides is 1. The van der Waals surface area contributed by atoms with Gasteiger partial charge in [-0.25, -0.2) is 5.48 Å². The highest BCUT2D eigenvalue weighted by atomic mass is 16.5. The van der Waals surface area contributed by atoms with Crippen LogP contribution in [0.1, 0.15) is 75.3 Å². The van der Waals surface area contributed by atoms with Gasteiger partial charge in [-0.3, -0.25) is 10.0 Å². The van der Waals surface area contributed by atoms with E-state index < -0.39 is 0 Å². The first-order valence-corrected chi connectivity index (χ1v) is 11.0. The molecular weight excluding hydrogens is 362 g/mol. The van der Waals surface area contributed by atoms with Gasteiger partial charge in [0.2, 0.25) is 5.91 Å². The molecular formula is C25H35NO3. The van der Waals surface area contributed by atoms with Gasteiger partial charge in [0.1, 0.15) is 12.4 Å². The van der Waals surface area contributed by atoms with Crippen molar-refractivity contribution in [2.75, 3.05) is 0 Å². The van der Waals surface area contributed by atoms with Crippen molar-refractivity contribution in [3.05, 3.63) is 65.7 Å². The minimum absolute atomic E-state index is 0.279. The van der Waals surface area contributed by atoms with E-state index in [1.54, 1.807) is 5.48 Å². The molecule has 0 saturated carbocycles. The van der Waals surface area contributed by atoms with Crippen LogP contribution in [0.2, 0.25) is 0 Å². The van der Waals surface area contributed by atoms with Crippen LogP contribution in [0.4, 0.5) is 0 Å². The fourth-order valence-corrected chi connectivity index (χ4v) is 3.44. The third-order valence-electron chi connectivity index (χ3n) is 5.14. The summed E-state index contributed by atoms with van der Waals surface area (Å²) in [6.07, 6.45) is 12.2. The quantitative estimate of drug-likeness (QED) is 0.213. The fourth-order valence-electron chi connectivity index (χ4n) is 3.44. The normalized spacial score (nSPS) is 10.7. The number of hydrogen-bond donors (Lipinski definition) is 2. The van der Waals surface area contributed by atoms with E-state index in [1.807, 2.05) is 24.3 Å². The smallest absolute Gasteiger partial charge is 0.243 e. The number of benzene rings is 2. The molecule has 29 heavy (non-hydrogen) atoms. The Bertz CT molecular complexity index is 687. The topological polar surface area (TPSA) is 58.6 Å². The van der Waals surface area contributed by atoms with Crippen molar-refractivity contribution in [3.63, 3.8) is 0 Å². The second-order valence-corrected chi connectivity index (χ2v) is 7.64. The molecule has 0 fully saturated rings. The van der Waals surface area contributed by atoms with Crippen LogP contribution in [-0.2, 0) is 17.8 Å². The Kier molecular flexibility index (Phi) is 11.6. The van der Waals surface area contributed by atoms with Crippen molar-refractivity contribution in [3.8, 4) is 5.75 Å². The third kappa shape index (κ3) is 10.7. The van der Waals surface area contributed by atoms with Crippen LogP contribution in [0.5, 0.6) is 5.75 Å². The molecule has 0 saturated heterocycles. The van der Waals surface area contributed by atoms with E-state index in [9.17, 15) is 4.79 Å². The Morgan fingerprint density at radius 3 is 2.07 bits per heavy atom. The highest BCUT2D eigenvalue weighted by Gasteiger charge is 2.00. The predicted molar refractivity (Wildman–Crippen MR) is 117 cm³/mol. The number of carbonyl (C=O) groups is 1. The average Bonchev–Trinajstić information content (AvgIpc) is 2.77. The van der Waals surface area contributed by atoms with E-state index in [0.717, 1.165) is 25.0 Å². The van der Waals surface area contributed by atoms with Crippen LogP contribution in [0, 0.1) is 0 Å². The highest BCUT2D eigenvalue weighted by molar-refractivity contribution is 5.74. The van der Waals surface area contributed by atoms with E-state index in [0.29, 0.717) is 13.0 Å². The zero-order chi connectivity index (χ0) is 20.6. The van der Waals surface area contributed by atoms with Crippen LogP contribution in [0.25, 0.3) is 0 Å². The Morgan fingerprint density at radius 2 is 1.38 bits per heavy atom. The summed E-state index contributed by atoms with van der Waals surface area (Å²) in [5.74, 6) is 0.668. The second kappa shape index (κ2) is 14.6. The number of ether oxygens (including phenoxy) is 1. The summed E-state index contributed by atoms with van der Waals surface area (Å²) in [7, 11) is 0. The van der Waals surface area contributed by atoms with Crippen molar-refractivity contribution in [1.82, 2.24) is 5.48 Å². The minimum Gasteiger partial charge on any atom is -0.489 e. The van der Waals surface area contributed by atoms with Crippen LogP contribution in [-0.4, -0.2) is 11.1 Å².